The summed E-state index contributed by atoms with van der Waals surface area (Å²) in [6.45, 7) is 19.4. The normalized spacial score (nSPS) is 20.3. The maximum atomic E-state index is 2.76. The Kier molecular flexibility index (Phi) is 10.4. The average Bonchev–Trinajstić information content (AvgIpc) is 3.82. The van der Waals surface area contributed by atoms with Crippen LogP contribution in [0.25, 0.3) is 33.5 Å². The largest absolute Gasteiger partial charge is 1.00 e. The predicted octanol–water partition coefficient (Wildman–Crippen LogP) is 6.40. The first kappa shape index (κ1) is 37.8. The zero-order valence-corrected chi connectivity index (χ0v) is 36.1. The van der Waals surface area contributed by atoms with Gasteiger partial charge in [0.25, 0.3) is 0 Å². The summed E-state index contributed by atoms with van der Waals surface area (Å²) in [6, 6.07) is 29.2. The van der Waals surface area contributed by atoms with E-state index >= 15 is 0 Å². The molecule has 4 heteroatoms. The number of rotatable bonds is 6. The number of halogens is 2. The molecule has 4 aromatic rings. The molecule has 0 saturated heterocycles. The molecule has 8 rings (SSSR count). The van der Waals surface area contributed by atoms with Crippen LogP contribution in [0.2, 0.25) is 13.1 Å². The SMILES string of the molecule is CCC1=C2c3c(cc(C4C(C5CCCC5)=Cc5c(-c6ccc(C(C)C)cc6)cccc54)c(c3-c3ccc(C(C)(C)C)cc3)[Si]2(C)C)[CH]1[Zr+2].[Cl-].[Cl-]. The number of fused-ring (bicyclic) bond motifs is 2. The summed E-state index contributed by atoms with van der Waals surface area (Å²) in [7, 11) is -1.98. The van der Waals surface area contributed by atoms with Gasteiger partial charge in [0.05, 0.1) is 0 Å². The minimum Gasteiger partial charge on any atom is -1.00 e. The smallest absolute Gasteiger partial charge is 1.00 e. The van der Waals surface area contributed by atoms with Gasteiger partial charge in [0, 0.05) is 0 Å². The van der Waals surface area contributed by atoms with Crippen molar-refractivity contribution in [2.75, 3.05) is 0 Å². The van der Waals surface area contributed by atoms with Gasteiger partial charge in [-0.2, -0.15) is 0 Å². The van der Waals surface area contributed by atoms with Crippen LogP contribution in [0.4, 0.5) is 0 Å². The fraction of sp³-hybridized carbons (Fsp3) is 0.391. The Labute approximate surface area is 330 Å². The molecule has 3 aliphatic carbocycles. The van der Waals surface area contributed by atoms with E-state index in [9.17, 15) is 0 Å². The molecule has 0 nitrogen and oxygen atoms in total. The molecule has 2 atom stereocenters. The molecular formula is C46H51Cl2SiZr. The van der Waals surface area contributed by atoms with Gasteiger partial charge in [0.15, 0.2) is 0 Å². The van der Waals surface area contributed by atoms with E-state index in [0.29, 0.717) is 21.4 Å². The second-order valence-electron chi connectivity index (χ2n) is 17.0. The van der Waals surface area contributed by atoms with Crippen molar-refractivity contribution in [1.29, 1.82) is 0 Å². The minimum absolute atomic E-state index is 0. The quantitative estimate of drug-likeness (QED) is 0.199. The van der Waals surface area contributed by atoms with Crippen LogP contribution >= 0.6 is 0 Å². The van der Waals surface area contributed by atoms with Crippen molar-refractivity contribution in [1.82, 2.24) is 0 Å². The van der Waals surface area contributed by atoms with Crippen LogP contribution in [0, 0.1) is 5.92 Å². The minimum atomic E-state index is -1.98. The first-order chi connectivity index (χ1) is 22.9. The summed E-state index contributed by atoms with van der Waals surface area (Å²) in [5, 5.41) is 3.53. The van der Waals surface area contributed by atoms with E-state index in [1.54, 1.807) is 74.1 Å². The topological polar surface area (TPSA) is 0 Å². The molecule has 0 aromatic heterocycles. The van der Waals surface area contributed by atoms with Crippen LogP contribution in [-0.4, -0.2) is 8.07 Å². The molecule has 1 heterocycles. The summed E-state index contributed by atoms with van der Waals surface area (Å²) < 4.78 is 0.588. The van der Waals surface area contributed by atoms with Crippen molar-refractivity contribution in [2.24, 2.45) is 5.92 Å². The van der Waals surface area contributed by atoms with Crippen LogP contribution in [-0.2, 0) is 30.1 Å². The van der Waals surface area contributed by atoms with E-state index in [0.717, 1.165) is 0 Å². The van der Waals surface area contributed by atoms with Gasteiger partial charge in [0.1, 0.15) is 0 Å². The molecule has 0 radical (unpaired) electrons. The van der Waals surface area contributed by atoms with E-state index in [1.807, 2.05) is 0 Å². The molecule has 1 fully saturated rings. The van der Waals surface area contributed by atoms with Gasteiger partial charge in [-0.15, -0.1) is 0 Å². The second-order valence-corrected chi connectivity index (χ2v) is 22.6. The van der Waals surface area contributed by atoms with Crippen molar-refractivity contribution in [3.8, 4) is 22.3 Å². The first-order valence-corrected chi connectivity index (χ1v) is 23.1. The summed E-state index contributed by atoms with van der Waals surface area (Å²) >= 11 is 1.65. The third kappa shape index (κ3) is 5.79. The molecule has 0 N–H and O–H groups in total. The zero-order valence-electron chi connectivity index (χ0n) is 31.1. The van der Waals surface area contributed by atoms with Crippen molar-refractivity contribution < 1.29 is 49.5 Å². The van der Waals surface area contributed by atoms with Crippen LogP contribution < -0.4 is 30.0 Å². The molecule has 2 unspecified atom stereocenters. The van der Waals surface area contributed by atoms with Crippen molar-refractivity contribution in [3.63, 3.8) is 0 Å². The fourth-order valence-electron chi connectivity index (χ4n) is 9.95. The van der Waals surface area contributed by atoms with E-state index < -0.39 is 8.07 Å². The van der Waals surface area contributed by atoms with E-state index in [1.165, 1.54) is 65.5 Å². The standard InChI is InChI=1S/C46H51Si.2ClH.Zr/c1-9-29-25-34-26-40(45-41(42(34)44(29)47(45,7)8)33-21-23-35(24-22-33)46(4,5)6)43-37-16-12-15-36(32-19-17-30(18-20-32)28(2)3)39(37)27-38(43)31-13-10-11-14-31;;;/h12,15-28,31,43H,9-11,13-14H2,1-8H3;2*1H;/q;;;+2/p-2. The Hall–Kier alpha value is -1.96. The average molecular weight is 794 g/mol. The van der Waals surface area contributed by atoms with Crippen molar-refractivity contribution in [2.45, 2.75) is 108 Å². The molecule has 257 valence electrons. The van der Waals surface area contributed by atoms with Gasteiger partial charge in [-0.1, -0.05) is 13.8 Å². The molecule has 50 heavy (non-hydrogen) atoms. The third-order valence-corrected chi connectivity index (χ3v) is 17.6. The van der Waals surface area contributed by atoms with Crippen molar-refractivity contribution >= 4 is 24.5 Å². The van der Waals surface area contributed by atoms with E-state index in [4.69, 9.17) is 0 Å². The maximum absolute atomic E-state index is 2.76. The van der Waals surface area contributed by atoms with Gasteiger partial charge in [0.2, 0.25) is 0 Å². The Morgan fingerprint density at radius 3 is 2.04 bits per heavy atom. The second kappa shape index (κ2) is 13.8. The number of hydrogen-bond donors (Lipinski definition) is 0. The van der Waals surface area contributed by atoms with Crippen LogP contribution in [0.3, 0.4) is 0 Å². The predicted molar refractivity (Wildman–Crippen MR) is 205 cm³/mol. The Morgan fingerprint density at radius 1 is 0.800 bits per heavy atom. The van der Waals surface area contributed by atoms with E-state index in [-0.39, 0.29) is 30.2 Å². The maximum Gasteiger partial charge on any atom is -1.00 e. The van der Waals surface area contributed by atoms with E-state index in [2.05, 4.69) is 134 Å². The molecule has 1 saturated carbocycles. The Bertz CT molecular complexity index is 2000. The summed E-state index contributed by atoms with van der Waals surface area (Å²) in [5.41, 5.74) is 20.2. The van der Waals surface area contributed by atoms with Crippen LogP contribution in [0.15, 0.2) is 83.9 Å². The number of benzene rings is 4. The molecule has 2 bridgehead atoms. The molecule has 4 aliphatic rings. The molecule has 0 amide bonds. The molecular weight excluding hydrogens is 743 g/mol. The third-order valence-electron chi connectivity index (χ3n) is 12.4. The molecule has 1 aliphatic heterocycles. The summed E-state index contributed by atoms with van der Waals surface area (Å²) in [6.07, 6.45) is 9.26. The van der Waals surface area contributed by atoms with Gasteiger partial charge in [-0.25, -0.2) is 0 Å². The Balaban J connectivity index is 0.00000216. The van der Waals surface area contributed by atoms with Gasteiger partial charge in [-0.3, -0.25) is 0 Å². The molecule has 4 aromatic carbocycles. The zero-order chi connectivity index (χ0) is 33.7. The summed E-state index contributed by atoms with van der Waals surface area (Å²) in [5.74, 6) is 1.58. The molecule has 0 spiro atoms. The number of allylic oxidation sites excluding steroid dienone is 2. The monoisotopic (exact) mass is 791 g/mol. The first-order valence-electron chi connectivity index (χ1n) is 18.6. The van der Waals surface area contributed by atoms with Crippen LogP contribution in [0.1, 0.15) is 128 Å². The van der Waals surface area contributed by atoms with Gasteiger partial charge < -0.3 is 24.8 Å². The Morgan fingerprint density at radius 2 is 1.44 bits per heavy atom. The number of hydrogen-bond acceptors (Lipinski definition) is 0. The van der Waals surface area contributed by atoms with Crippen molar-refractivity contribution in [3.05, 3.63) is 123 Å². The van der Waals surface area contributed by atoms with Gasteiger partial charge >= 0.3 is 288 Å². The summed E-state index contributed by atoms with van der Waals surface area (Å²) in [4.78, 5) is 0. The fourth-order valence-corrected chi connectivity index (χ4v) is 15.8. The van der Waals surface area contributed by atoms with Gasteiger partial charge in [-0.05, 0) is 5.92 Å². The van der Waals surface area contributed by atoms with Crippen LogP contribution in [0.5, 0.6) is 0 Å².